The Labute approximate surface area is 115 Å². The highest BCUT2D eigenvalue weighted by Crippen LogP contribution is 2.19. The number of rotatable bonds is 5. The smallest absolute Gasteiger partial charge is 0.232 e. The van der Waals surface area contributed by atoms with Gasteiger partial charge in [-0.15, -0.1) is 11.6 Å². The van der Waals surface area contributed by atoms with Crippen molar-refractivity contribution >= 4 is 49.9 Å². The van der Waals surface area contributed by atoms with Gasteiger partial charge in [-0.2, -0.15) is 0 Å². The molecule has 0 amide bonds. The van der Waals surface area contributed by atoms with E-state index < -0.39 is 10.0 Å². The van der Waals surface area contributed by atoms with Gasteiger partial charge in [-0.25, -0.2) is 8.42 Å². The van der Waals surface area contributed by atoms with E-state index in [-0.39, 0.29) is 5.75 Å². The van der Waals surface area contributed by atoms with Gasteiger partial charge in [0.15, 0.2) is 0 Å². The lowest BCUT2D eigenvalue weighted by molar-refractivity contribution is 0.600. The minimum atomic E-state index is -3.27. The summed E-state index contributed by atoms with van der Waals surface area (Å²) in [7, 11) is -3.27. The van der Waals surface area contributed by atoms with Crippen molar-refractivity contribution < 1.29 is 8.42 Å². The van der Waals surface area contributed by atoms with Crippen molar-refractivity contribution in [1.82, 2.24) is 0 Å². The predicted octanol–water partition coefficient (Wildman–Crippen LogP) is 2.97. The van der Waals surface area contributed by atoms with E-state index in [2.05, 4.69) is 27.3 Å². The van der Waals surface area contributed by atoms with Crippen LogP contribution in [0.1, 0.15) is 12.0 Å². The second kappa shape index (κ2) is 6.07. The molecule has 3 nitrogen and oxygen atoms in total. The Balaban J connectivity index is 2.80. The van der Waals surface area contributed by atoms with Gasteiger partial charge in [-0.05, 0) is 59.7 Å². The Morgan fingerprint density at radius 2 is 2.12 bits per heavy atom. The van der Waals surface area contributed by atoms with Crippen molar-refractivity contribution in [2.45, 2.75) is 13.3 Å². The van der Waals surface area contributed by atoms with Crippen LogP contribution < -0.4 is 4.72 Å². The quantitative estimate of drug-likeness (QED) is 0.637. The van der Waals surface area contributed by atoms with Crippen LogP contribution in [0, 0.1) is 10.5 Å². The maximum atomic E-state index is 11.6. The van der Waals surface area contributed by atoms with Crippen LogP contribution in [-0.4, -0.2) is 20.1 Å². The number of nitrogens with one attached hydrogen (secondary N) is 1. The summed E-state index contributed by atoms with van der Waals surface area (Å²) < 4.78 is 26.9. The average molecular weight is 374 g/mol. The summed E-state index contributed by atoms with van der Waals surface area (Å²) in [5.41, 5.74) is 1.55. The average Bonchev–Trinajstić information content (AvgIpc) is 2.19. The topological polar surface area (TPSA) is 46.2 Å². The second-order valence-electron chi connectivity index (χ2n) is 3.42. The Morgan fingerprint density at radius 1 is 1.44 bits per heavy atom. The molecule has 90 valence electrons. The first kappa shape index (κ1) is 14.1. The van der Waals surface area contributed by atoms with Crippen molar-refractivity contribution in [2.75, 3.05) is 16.4 Å². The van der Waals surface area contributed by atoms with Crippen LogP contribution in [0.15, 0.2) is 18.2 Å². The molecule has 0 unspecified atom stereocenters. The molecule has 0 spiro atoms. The molecule has 0 aliphatic heterocycles. The van der Waals surface area contributed by atoms with E-state index in [0.717, 1.165) is 9.13 Å². The lowest BCUT2D eigenvalue weighted by atomic mass is 10.2. The molecule has 1 N–H and O–H groups in total. The van der Waals surface area contributed by atoms with Crippen molar-refractivity contribution in [3.05, 3.63) is 27.3 Å². The number of sulfonamides is 1. The SMILES string of the molecule is Cc1cc(I)ccc1NS(=O)(=O)CCCCl. The van der Waals surface area contributed by atoms with E-state index in [0.29, 0.717) is 18.0 Å². The summed E-state index contributed by atoms with van der Waals surface area (Å²) in [5.74, 6) is 0.411. The third-order valence-electron chi connectivity index (χ3n) is 2.00. The Morgan fingerprint density at radius 3 is 2.69 bits per heavy atom. The van der Waals surface area contributed by atoms with E-state index in [9.17, 15) is 8.42 Å². The van der Waals surface area contributed by atoms with Gasteiger partial charge in [-0.1, -0.05) is 0 Å². The Hall–Kier alpha value is -0.0100. The van der Waals surface area contributed by atoms with Gasteiger partial charge in [0.25, 0.3) is 0 Å². The van der Waals surface area contributed by atoms with Gasteiger partial charge >= 0.3 is 0 Å². The predicted molar refractivity (Wildman–Crippen MR) is 76.6 cm³/mol. The first-order valence-electron chi connectivity index (χ1n) is 4.77. The molecule has 0 atom stereocenters. The molecule has 0 fully saturated rings. The van der Waals surface area contributed by atoms with E-state index in [4.69, 9.17) is 11.6 Å². The number of hydrogen-bond donors (Lipinski definition) is 1. The fraction of sp³-hybridized carbons (Fsp3) is 0.400. The zero-order valence-corrected chi connectivity index (χ0v) is 12.6. The third kappa shape index (κ3) is 4.47. The number of benzene rings is 1. The molecule has 1 aromatic rings. The summed E-state index contributed by atoms with van der Waals surface area (Å²) in [6.45, 7) is 1.88. The van der Waals surface area contributed by atoms with Crippen LogP contribution in [-0.2, 0) is 10.0 Å². The molecule has 0 bridgehead atoms. The van der Waals surface area contributed by atoms with Gasteiger partial charge in [0.2, 0.25) is 10.0 Å². The van der Waals surface area contributed by atoms with Crippen LogP contribution in [0.5, 0.6) is 0 Å². The normalized spacial score (nSPS) is 11.4. The maximum Gasteiger partial charge on any atom is 0.232 e. The maximum absolute atomic E-state index is 11.6. The number of halogens is 2. The van der Waals surface area contributed by atoms with Gasteiger partial charge in [-0.3, -0.25) is 4.72 Å². The minimum Gasteiger partial charge on any atom is -0.283 e. The van der Waals surface area contributed by atoms with Gasteiger partial charge in [0.05, 0.1) is 11.4 Å². The molecule has 6 heteroatoms. The van der Waals surface area contributed by atoms with E-state index in [1.54, 1.807) is 6.07 Å². The fourth-order valence-corrected chi connectivity index (χ4v) is 3.33. The number of alkyl halides is 1. The lowest BCUT2D eigenvalue weighted by Crippen LogP contribution is -2.17. The molecule has 0 saturated carbocycles. The lowest BCUT2D eigenvalue weighted by Gasteiger charge is -2.10. The first-order valence-corrected chi connectivity index (χ1v) is 8.04. The number of hydrogen-bond acceptors (Lipinski definition) is 2. The zero-order chi connectivity index (χ0) is 12.2. The summed E-state index contributed by atoms with van der Waals surface area (Å²) in [6.07, 6.45) is 0.459. The summed E-state index contributed by atoms with van der Waals surface area (Å²) in [5, 5.41) is 0. The standard InChI is InChI=1S/C10H13ClINO2S/c1-8-7-9(12)3-4-10(8)13-16(14,15)6-2-5-11/h3-4,7,13H,2,5-6H2,1H3. The molecule has 0 aromatic heterocycles. The van der Waals surface area contributed by atoms with Crippen molar-refractivity contribution in [2.24, 2.45) is 0 Å². The van der Waals surface area contributed by atoms with Gasteiger partial charge in [0, 0.05) is 9.45 Å². The zero-order valence-electron chi connectivity index (χ0n) is 8.83. The van der Waals surface area contributed by atoms with E-state index in [1.165, 1.54) is 0 Å². The summed E-state index contributed by atoms with van der Waals surface area (Å²) >= 11 is 7.66. The van der Waals surface area contributed by atoms with E-state index in [1.807, 2.05) is 19.1 Å². The minimum absolute atomic E-state index is 0.0575. The fourth-order valence-electron chi connectivity index (χ4n) is 1.20. The molecule has 0 heterocycles. The summed E-state index contributed by atoms with van der Waals surface area (Å²) in [4.78, 5) is 0. The molecule has 0 radical (unpaired) electrons. The van der Waals surface area contributed by atoms with Crippen molar-refractivity contribution in [3.8, 4) is 0 Å². The number of aryl methyl sites for hydroxylation is 1. The monoisotopic (exact) mass is 373 g/mol. The molecule has 0 saturated heterocycles. The molecule has 16 heavy (non-hydrogen) atoms. The van der Waals surface area contributed by atoms with Gasteiger partial charge in [0.1, 0.15) is 0 Å². The molecular weight excluding hydrogens is 361 g/mol. The van der Waals surface area contributed by atoms with Gasteiger partial charge < -0.3 is 0 Å². The second-order valence-corrected chi connectivity index (χ2v) is 6.89. The molecule has 0 aliphatic rings. The first-order chi connectivity index (χ1) is 7.44. The Bertz CT molecular complexity index is 462. The van der Waals surface area contributed by atoms with Crippen molar-refractivity contribution in [3.63, 3.8) is 0 Å². The highest BCUT2D eigenvalue weighted by Gasteiger charge is 2.11. The molecular formula is C10H13ClINO2S. The van der Waals surface area contributed by atoms with Crippen LogP contribution in [0.4, 0.5) is 5.69 Å². The van der Waals surface area contributed by atoms with Crippen LogP contribution in [0.3, 0.4) is 0 Å². The molecule has 1 rings (SSSR count). The largest absolute Gasteiger partial charge is 0.283 e. The number of anilines is 1. The molecule has 0 aliphatic carbocycles. The third-order valence-corrected chi connectivity index (χ3v) is 4.30. The van der Waals surface area contributed by atoms with Crippen LogP contribution in [0.25, 0.3) is 0 Å². The van der Waals surface area contributed by atoms with Crippen LogP contribution in [0.2, 0.25) is 0 Å². The molecule has 1 aromatic carbocycles. The highest BCUT2D eigenvalue weighted by molar-refractivity contribution is 14.1. The highest BCUT2D eigenvalue weighted by atomic mass is 127. The van der Waals surface area contributed by atoms with E-state index >= 15 is 0 Å². The van der Waals surface area contributed by atoms with Crippen LogP contribution >= 0.6 is 34.2 Å². The van der Waals surface area contributed by atoms with Crippen molar-refractivity contribution in [1.29, 1.82) is 0 Å². The Kier molecular flexibility index (Phi) is 5.33. The summed E-state index contributed by atoms with van der Waals surface area (Å²) in [6, 6.07) is 5.57.